The van der Waals surface area contributed by atoms with Crippen molar-refractivity contribution in [3.8, 4) is 5.69 Å². The second kappa shape index (κ2) is 8.41. The molecule has 126 valence electrons. The van der Waals surface area contributed by atoms with Crippen molar-refractivity contribution in [1.82, 2.24) is 14.8 Å². The maximum Gasteiger partial charge on any atom is 0.161 e. The fraction of sp³-hybridized carbons (Fsp3) is 0.529. The van der Waals surface area contributed by atoms with Gasteiger partial charge >= 0.3 is 0 Å². The van der Waals surface area contributed by atoms with Gasteiger partial charge < -0.3 is 5.11 Å². The number of aryl methyl sites for hydroxylation is 1. The van der Waals surface area contributed by atoms with Crippen LogP contribution in [0.25, 0.3) is 5.69 Å². The Morgan fingerprint density at radius 2 is 2.04 bits per heavy atom. The first kappa shape index (κ1) is 17.9. The van der Waals surface area contributed by atoms with Crippen molar-refractivity contribution in [2.75, 3.05) is 0 Å². The number of unbranched alkanes of at least 4 members (excludes halogenated alkanes) is 2. The molecule has 23 heavy (non-hydrogen) atoms. The fourth-order valence-corrected chi connectivity index (χ4v) is 2.61. The molecule has 0 saturated heterocycles. The first-order chi connectivity index (χ1) is 11.1. The average molecular weight is 340 g/mol. The van der Waals surface area contributed by atoms with E-state index in [0.29, 0.717) is 23.8 Å². The minimum absolute atomic E-state index is 0.0291. The molecule has 1 aromatic carbocycles. The molecule has 0 spiro atoms. The van der Waals surface area contributed by atoms with E-state index in [1.807, 2.05) is 6.92 Å². The van der Waals surface area contributed by atoms with Gasteiger partial charge in [0, 0.05) is 6.42 Å². The molecule has 2 aromatic rings. The third-order valence-corrected chi connectivity index (χ3v) is 3.97. The van der Waals surface area contributed by atoms with Crippen LogP contribution < -0.4 is 0 Å². The van der Waals surface area contributed by atoms with Crippen LogP contribution in [0.3, 0.4) is 0 Å². The van der Waals surface area contributed by atoms with E-state index in [1.54, 1.807) is 10.7 Å². The van der Waals surface area contributed by atoms with Crippen molar-refractivity contribution in [3.05, 3.63) is 40.7 Å². The highest BCUT2D eigenvalue weighted by Crippen LogP contribution is 2.24. The first-order valence-corrected chi connectivity index (χ1v) is 8.53. The molecule has 1 unspecified atom stereocenters. The molecule has 0 fully saturated rings. The van der Waals surface area contributed by atoms with Gasteiger partial charge in [-0.05, 0) is 31.0 Å². The number of nitrogens with zero attached hydrogens (tertiary/aromatic N) is 3. The Balaban J connectivity index is 2.33. The lowest BCUT2D eigenvalue weighted by Crippen LogP contribution is -2.09. The van der Waals surface area contributed by atoms with Crippen LogP contribution in [0.4, 0.5) is 4.39 Å². The Bertz CT molecular complexity index is 645. The smallest absolute Gasteiger partial charge is 0.161 e. The number of aliphatic hydroxyl groups is 1. The predicted octanol–water partition coefficient (Wildman–Crippen LogP) is 4.63. The molecule has 0 aliphatic heterocycles. The molecule has 0 aliphatic rings. The summed E-state index contributed by atoms with van der Waals surface area (Å²) in [6.07, 6.45) is 4.67. The Hall–Kier alpha value is -1.46. The summed E-state index contributed by atoms with van der Waals surface area (Å²) in [5, 5.41) is 14.9. The predicted molar refractivity (Wildman–Crippen MR) is 89.4 cm³/mol. The normalized spacial score (nSPS) is 12.6. The highest BCUT2D eigenvalue weighted by molar-refractivity contribution is 6.30. The Morgan fingerprint density at radius 1 is 1.26 bits per heavy atom. The van der Waals surface area contributed by atoms with Gasteiger partial charge in [0.1, 0.15) is 11.9 Å². The maximum absolute atomic E-state index is 13.4. The molecule has 0 radical (unpaired) electrons. The van der Waals surface area contributed by atoms with Crippen molar-refractivity contribution in [1.29, 1.82) is 0 Å². The Labute approximate surface area is 141 Å². The molecule has 4 nitrogen and oxygen atoms in total. The zero-order chi connectivity index (χ0) is 16.8. The van der Waals surface area contributed by atoms with Gasteiger partial charge in [-0.15, -0.1) is 0 Å². The van der Waals surface area contributed by atoms with Gasteiger partial charge in [0.25, 0.3) is 0 Å². The van der Waals surface area contributed by atoms with Gasteiger partial charge in [0.2, 0.25) is 0 Å². The lowest BCUT2D eigenvalue weighted by Gasteiger charge is -2.12. The van der Waals surface area contributed by atoms with Crippen LogP contribution in [-0.4, -0.2) is 19.9 Å². The van der Waals surface area contributed by atoms with Crippen molar-refractivity contribution in [2.45, 2.75) is 58.5 Å². The quantitative estimate of drug-likeness (QED) is 0.713. The SMILES string of the molecule is CCCCCC(O)c1nc(CCC)nn1-c1ccc(F)c(Cl)c1. The van der Waals surface area contributed by atoms with Crippen molar-refractivity contribution >= 4 is 11.6 Å². The van der Waals surface area contributed by atoms with Crippen LogP contribution in [0.2, 0.25) is 5.02 Å². The lowest BCUT2D eigenvalue weighted by atomic mass is 10.1. The largest absolute Gasteiger partial charge is 0.385 e. The molecule has 6 heteroatoms. The van der Waals surface area contributed by atoms with Crippen LogP contribution in [0.5, 0.6) is 0 Å². The highest BCUT2D eigenvalue weighted by Gasteiger charge is 2.19. The fourth-order valence-electron chi connectivity index (χ4n) is 2.44. The topological polar surface area (TPSA) is 50.9 Å². The number of hydrogen-bond donors (Lipinski definition) is 1. The summed E-state index contributed by atoms with van der Waals surface area (Å²) in [5.41, 5.74) is 0.607. The molecule has 1 aromatic heterocycles. The summed E-state index contributed by atoms with van der Waals surface area (Å²) < 4.78 is 15.0. The van der Waals surface area contributed by atoms with Crippen molar-refractivity contribution < 1.29 is 9.50 Å². The van der Waals surface area contributed by atoms with Gasteiger partial charge in [-0.25, -0.2) is 14.1 Å². The van der Waals surface area contributed by atoms with E-state index in [2.05, 4.69) is 17.0 Å². The number of rotatable bonds is 8. The van der Waals surface area contributed by atoms with Crippen molar-refractivity contribution in [2.24, 2.45) is 0 Å². The van der Waals surface area contributed by atoms with E-state index in [1.165, 1.54) is 12.1 Å². The van der Waals surface area contributed by atoms with E-state index in [9.17, 15) is 9.50 Å². The summed E-state index contributed by atoms with van der Waals surface area (Å²) in [4.78, 5) is 4.47. The molecule has 1 atom stereocenters. The molecule has 1 heterocycles. The molecule has 0 bridgehead atoms. The van der Waals surface area contributed by atoms with Crippen LogP contribution in [-0.2, 0) is 6.42 Å². The molecule has 0 saturated carbocycles. The first-order valence-electron chi connectivity index (χ1n) is 8.16. The maximum atomic E-state index is 13.4. The van der Waals surface area contributed by atoms with Gasteiger partial charge in [-0.2, -0.15) is 5.10 Å². The van der Waals surface area contributed by atoms with Gasteiger partial charge in [0.15, 0.2) is 11.6 Å². The summed E-state index contributed by atoms with van der Waals surface area (Å²) in [5.74, 6) is 0.694. The standard InChI is InChI=1S/C17H23ClFN3O/c1-3-5-6-8-15(23)17-20-16(7-4-2)21-22(17)12-9-10-14(19)13(18)11-12/h9-11,15,23H,3-8H2,1-2H3. The van der Waals surface area contributed by atoms with Gasteiger partial charge in [-0.3, -0.25) is 0 Å². The van der Waals surface area contributed by atoms with E-state index >= 15 is 0 Å². The highest BCUT2D eigenvalue weighted by atomic mass is 35.5. The second-order valence-electron chi connectivity index (χ2n) is 5.66. The Morgan fingerprint density at radius 3 is 2.70 bits per heavy atom. The molecule has 0 amide bonds. The van der Waals surface area contributed by atoms with E-state index in [4.69, 9.17) is 11.6 Å². The number of benzene rings is 1. The van der Waals surface area contributed by atoms with E-state index < -0.39 is 11.9 Å². The minimum Gasteiger partial charge on any atom is -0.385 e. The molecule has 1 N–H and O–H groups in total. The molecule has 2 rings (SSSR count). The lowest BCUT2D eigenvalue weighted by molar-refractivity contribution is 0.151. The summed E-state index contributed by atoms with van der Waals surface area (Å²) in [6.45, 7) is 4.17. The van der Waals surface area contributed by atoms with Gasteiger partial charge in [0.05, 0.1) is 10.7 Å². The van der Waals surface area contributed by atoms with Crippen LogP contribution >= 0.6 is 11.6 Å². The van der Waals surface area contributed by atoms with E-state index in [-0.39, 0.29) is 5.02 Å². The summed E-state index contributed by atoms with van der Waals surface area (Å²) >= 11 is 5.87. The number of aliphatic hydroxyl groups excluding tert-OH is 1. The number of aromatic nitrogens is 3. The average Bonchev–Trinajstić information content (AvgIpc) is 2.94. The second-order valence-corrected chi connectivity index (χ2v) is 6.07. The Kier molecular flexibility index (Phi) is 6.54. The summed E-state index contributed by atoms with van der Waals surface area (Å²) in [6, 6.07) is 4.39. The third kappa shape index (κ3) is 4.52. The zero-order valence-electron chi connectivity index (χ0n) is 13.6. The number of halogens is 2. The van der Waals surface area contributed by atoms with Crippen molar-refractivity contribution in [3.63, 3.8) is 0 Å². The van der Waals surface area contributed by atoms with Crippen LogP contribution in [0.15, 0.2) is 18.2 Å². The molecular weight excluding hydrogens is 317 g/mol. The van der Waals surface area contributed by atoms with Gasteiger partial charge in [-0.1, -0.05) is 44.7 Å². The zero-order valence-corrected chi connectivity index (χ0v) is 14.4. The monoisotopic (exact) mass is 339 g/mol. The molecule has 0 aliphatic carbocycles. The molecular formula is C17H23ClFN3O. The number of hydrogen-bond acceptors (Lipinski definition) is 3. The minimum atomic E-state index is -0.691. The van der Waals surface area contributed by atoms with E-state index in [0.717, 1.165) is 32.1 Å². The third-order valence-electron chi connectivity index (χ3n) is 3.68. The summed E-state index contributed by atoms with van der Waals surface area (Å²) in [7, 11) is 0. The van der Waals surface area contributed by atoms with Crippen LogP contribution in [0.1, 0.15) is 63.7 Å². The van der Waals surface area contributed by atoms with Crippen LogP contribution in [0, 0.1) is 5.82 Å².